The molecule has 0 bridgehead atoms. The maximum absolute atomic E-state index is 13.0. The summed E-state index contributed by atoms with van der Waals surface area (Å²) in [7, 11) is 0. The minimum atomic E-state index is -4.63. The van der Waals surface area contributed by atoms with E-state index >= 15 is 0 Å². The molecular weight excluding hydrogens is 241 g/mol. The first-order valence-corrected chi connectivity index (χ1v) is 6.30. The van der Waals surface area contributed by atoms with Gasteiger partial charge in [0.15, 0.2) is 5.60 Å². The summed E-state index contributed by atoms with van der Waals surface area (Å²) >= 11 is 0. The standard InChI is InChI=1S/C14H17F3O/c1-2-13(18,14(15,16)17)12-8-7-10-5-3-4-6-11(10)9-12/h7-9,18H,2-6H2,1H3. The van der Waals surface area contributed by atoms with Crippen LogP contribution in [-0.4, -0.2) is 11.3 Å². The zero-order chi connectivity index (χ0) is 13.4. The van der Waals surface area contributed by atoms with Crippen molar-refractivity contribution in [2.45, 2.75) is 50.8 Å². The van der Waals surface area contributed by atoms with Gasteiger partial charge in [-0.2, -0.15) is 13.2 Å². The first-order chi connectivity index (χ1) is 8.38. The van der Waals surface area contributed by atoms with Crippen molar-refractivity contribution in [1.82, 2.24) is 0 Å². The van der Waals surface area contributed by atoms with Crippen LogP contribution in [0.1, 0.15) is 42.9 Å². The van der Waals surface area contributed by atoms with Crippen LogP contribution in [-0.2, 0) is 18.4 Å². The second-order valence-corrected chi connectivity index (χ2v) is 4.90. The van der Waals surface area contributed by atoms with Crippen LogP contribution in [0.25, 0.3) is 0 Å². The van der Waals surface area contributed by atoms with Gasteiger partial charge in [0, 0.05) is 0 Å². The van der Waals surface area contributed by atoms with Crippen molar-refractivity contribution >= 4 is 0 Å². The van der Waals surface area contributed by atoms with Crippen LogP contribution in [0.4, 0.5) is 13.2 Å². The molecule has 1 aromatic rings. The Morgan fingerprint density at radius 2 is 1.72 bits per heavy atom. The average molecular weight is 258 g/mol. The van der Waals surface area contributed by atoms with Crippen molar-refractivity contribution < 1.29 is 18.3 Å². The fourth-order valence-corrected chi connectivity index (χ4v) is 2.56. The van der Waals surface area contributed by atoms with Crippen LogP contribution in [0.3, 0.4) is 0 Å². The Labute approximate surface area is 105 Å². The minimum absolute atomic E-state index is 0.0295. The van der Waals surface area contributed by atoms with Crippen LogP contribution < -0.4 is 0 Å². The van der Waals surface area contributed by atoms with Gasteiger partial charge in [0.25, 0.3) is 0 Å². The fourth-order valence-electron chi connectivity index (χ4n) is 2.56. The van der Waals surface area contributed by atoms with E-state index in [2.05, 4.69) is 0 Å². The molecule has 2 rings (SSSR count). The van der Waals surface area contributed by atoms with Crippen molar-refractivity contribution in [2.75, 3.05) is 0 Å². The van der Waals surface area contributed by atoms with Crippen molar-refractivity contribution in [1.29, 1.82) is 0 Å². The summed E-state index contributed by atoms with van der Waals surface area (Å²) in [6.45, 7) is 1.35. The number of halogens is 3. The maximum atomic E-state index is 13.0. The Balaban J connectivity index is 2.44. The van der Waals surface area contributed by atoms with Gasteiger partial charge in [-0.25, -0.2) is 0 Å². The molecule has 0 amide bonds. The molecular formula is C14H17F3O. The third kappa shape index (κ3) is 2.14. The molecule has 0 saturated carbocycles. The van der Waals surface area contributed by atoms with Gasteiger partial charge in [-0.3, -0.25) is 0 Å². The van der Waals surface area contributed by atoms with E-state index < -0.39 is 11.8 Å². The number of rotatable bonds is 2. The van der Waals surface area contributed by atoms with Crippen molar-refractivity contribution in [2.24, 2.45) is 0 Å². The summed E-state index contributed by atoms with van der Waals surface area (Å²) in [5.41, 5.74) is -0.682. The van der Waals surface area contributed by atoms with Gasteiger partial charge >= 0.3 is 6.18 Å². The van der Waals surface area contributed by atoms with Crippen LogP contribution in [0.5, 0.6) is 0 Å². The fraction of sp³-hybridized carbons (Fsp3) is 0.571. The molecule has 100 valence electrons. The summed E-state index contributed by atoms with van der Waals surface area (Å²) in [6, 6.07) is 4.68. The summed E-state index contributed by atoms with van der Waals surface area (Å²) in [4.78, 5) is 0. The number of aliphatic hydroxyl groups is 1. The van der Waals surface area contributed by atoms with Crippen molar-refractivity contribution in [3.63, 3.8) is 0 Å². The molecule has 1 aliphatic carbocycles. The maximum Gasteiger partial charge on any atom is 0.421 e. The predicted octanol–water partition coefficient (Wildman–Crippen LogP) is 3.73. The van der Waals surface area contributed by atoms with Crippen molar-refractivity contribution in [3.05, 3.63) is 34.9 Å². The molecule has 1 aliphatic rings. The molecule has 1 unspecified atom stereocenters. The SMILES string of the molecule is CCC(O)(c1ccc2c(c1)CCCC2)C(F)(F)F. The number of hydrogen-bond acceptors (Lipinski definition) is 1. The van der Waals surface area contributed by atoms with E-state index in [0.717, 1.165) is 36.8 Å². The largest absolute Gasteiger partial charge is 0.421 e. The monoisotopic (exact) mass is 258 g/mol. The number of alkyl halides is 3. The van der Waals surface area contributed by atoms with E-state index in [1.807, 2.05) is 0 Å². The highest BCUT2D eigenvalue weighted by atomic mass is 19.4. The van der Waals surface area contributed by atoms with Gasteiger partial charge in [0.1, 0.15) is 0 Å². The topological polar surface area (TPSA) is 20.2 Å². The Bertz CT molecular complexity index is 439. The molecule has 1 aromatic carbocycles. The first-order valence-electron chi connectivity index (χ1n) is 6.30. The van der Waals surface area contributed by atoms with Gasteiger partial charge in [-0.15, -0.1) is 0 Å². The van der Waals surface area contributed by atoms with Crippen molar-refractivity contribution in [3.8, 4) is 0 Å². The highest BCUT2D eigenvalue weighted by Gasteiger charge is 2.53. The van der Waals surface area contributed by atoms with Crippen LogP contribution in [0, 0.1) is 0 Å². The molecule has 0 aromatic heterocycles. The average Bonchev–Trinajstić information content (AvgIpc) is 2.35. The molecule has 0 fully saturated rings. The quantitative estimate of drug-likeness (QED) is 0.857. The lowest BCUT2D eigenvalue weighted by Crippen LogP contribution is -2.41. The molecule has 1 N–H and O–H groups in total. The van der Waals surface area contributed by atoms with Gasteiger partial charge in [-0.1, -0.05) is 25.1 Å². The minimum Gasteiger partial charge on any atom is -0.376 e. The Morgan fingerprint density at radius 1 is 1.11 bits per heavy atom. The zero-order valence-corrected chi connectivity index (χ0v) is 10.3. The van der Waals surface area contributed by atoms with Crippen LogP contribution in [0.2, 0.25) is 0 Å². The van der Waals surface area contributed by atoms with E-state index in [-0.39, 0.29) is 12.0 Å². The van der Waals surface area contributed by atoms with E-state index in [0.29, 0.717) is 0 Å². The van der Waals surface area contributed by atoms with Crippen LogP contribution in [0.15, 0.2) is 18.2 Å². The second kappa shape index (κ2) is 4.57. The highest BCUT2D eigenvalue weighted by Crippen LogP contribution is 2.42. The van der Waals surface area contributed by atoms with E-state index in [1.54, 1.807) is 6.07 Å². The van der Waals surface area contributed by atoms with Gasteiger partial charge in [-0.05, 0) is 48.8 Å². The molecule has 0 saturated heterocycles. The molecule has 0 aliphatic heterocycles. The van der Waals surface area contributed by atoms with E-state index in [1.165, 1.54) is 19.1 Å². The Kier molecular flexibility index (Phi) is 3.41. The molecule has 1 nitrogen and oxygen atoms in total. The lowest BCUT2D eigenvalue weighted by Gasteiger charge is -2.31. The molecule has 0 spiro atoms. The third-order valence-electron chi connectivity index (χ3n) is 3.81. The second-order valence-electron chi connectivity index (χ2n) is 4.90. The molecule has 1 atom stereocenters. The number of hydrogen-bond donors (Lipinski definition) is 1. The van der Waals surface area contributed by atoms with Gasteiger partial charge in [0.2, 0.25) is 0 Å². The van der Waals surface area contributed by atoms with E-state index in [9.17, 15) is 18.3 Å². The lowest BCUT2D eigenvalue weighted by atomic mass is 9.84. The molecule has 18 heavy (non-hydrogen) atoms. The summed E-state index contributed by atoms with van der Waals surface area (Å²) in [5, 5.41) is 9.90. The smallest absolute Gasteiger partial charge is 0.376 e. The molecule has 4 heteroatoms. The molecule has 0 heterocycles. The predicted molar refractivity (Wildman–Crippen MR) is 63.3 cm³/mol. The highest BCUT2D eigenvalue weighted by molar-refractivity contribution is 5.37. The normalized spacial score (nSPS) is 19.2. The molecule has 0 radical (unpaired) electrons. The Morgan fingerprint density at radius 3 is 2.28 bits per heavy atom. The third-order valence-corrected chi connectivity index (χ3v) is 3.81. The van der Waals surface area contributed by atoms with Gasteiger partial charge in [0.05, 0.1) is 0 Å². The lowest BCUT2D eigenvalue weighted by molar-refractivity contribution is -0.267. The summed E-state index contributed by atoms with van der Waals surface area (Å²) < 4.78 is 38.9. The number of aryl methyl sites for hydroxylation is 2. The number of benzene rings is 1. The van der Waals surface area contributed by atoms with E-state index in [4.69, 9.17) is 0 Å². The van der Waals surface area contributed by atoms with Gasteiger partial charge < -0.3 is 5.11 Å². The number of fused-ring (bicyclic) bond motifs is 1. The first kappa shape index (κ1) is 13.4. The van der Waals surface area contributed by atoms with Crippen LogP contribution >= 0.6 is 0 Å². The zero-order valence-electron chi connectivity index (χ0n) is 10.3. The summed E-state index contributed by atoms with van der Waals surface area (Å²) in [6.07, 6.45) is -1.18. The summed E-state index contributed by atoms with van der Waals surface area (Å²) in [5.74, 6) is 0. The Hall–Kier alpha value is -1.03.